The van der Waals surface area contributed by atoms with Gasteiger partial charge in [-0.25, -0.2) is 0 Å². The van der Waals surface area contributed by atoms with Gasteiger partial charge in [-0.1, -0.05) is 0 Å². The molecule has 0 aliphatic heterocycles. The van der Waals surface area contributed by atoms with E-state index in [1.165, 1.54) is 71.1 Å². The van der Waals surface area contributed by atoms with Crippen molar-refractivity contribution in [1.82, 2.24) is 0 Å². The Bertz CT molecular complexity index is 215. The van der Waals surface area contributed by atoms with Crippen molar-refractivity contribution < 1.29 is 7.87 Å². The molecule has 3 heteroatoms. The van der Waals surface area contributed by atoms with E-state index in [0.29, 0.717) is 0 Å². The van der Waals surface area contributed by atoms with Crippen molar-refractivity contribution in [3.8, 4) is 0 Å². The zero-order valence-corrected chi connectivity index (χ0v) is 17.2. The summed E-state index contributed by atoms with van der Waals surface area (Å²) < 4.78 is 9.83. The van der Waals surface area contributed by atoms with Crippen molar-refractivity contribution in [2.75, 3.05) is 0 Å². The van der Waals surface area contributed by atoms with Gasteiger partial charge in [0.1, 0.15) is 0 Å². The normalized spacial score (nSPS) is 11.6. The third-order valence-electron chi connectivity index (χ3n) is 4.07. The molecule has 0 aromatic carbocycles. The van der Waals surface area contributed by atoms with Crippen molar-refractivity contribution in [2.45, 2.75) is 98.8 Å². The van der Waals surface area contributed by atoms with E-state index in [-0.39, 0.29) is 5.97 Å². The van der Waals surface area contributed by atoms with Crippen LogP contribution in [-0.4, -0.2) is 24.8 Å². The van der Waals surface area contributed by atoms with Gasteiger partial charge < -0.3 is 0 Å². The monoisotopic (exact) mass is 392 g/mol. The molecule has 0 N–H and O–H groups in total. The van der Waals surface area contributed by atoms with E-state index in [2.05, 4.69) is 20.8 Å². The maximum absolute atomic E-state index is 11.6. The molecule has 0 heterocycles. The second-order valence-electron chi connectivity index (χ2n) is 6.15. The Morgan fingerprint density at radius 3 is 1.35 bits per heavy atom. The Balaban J connectivity index is 4.61. The van der Waals surface area contributed by atoms with Crippen LogP contribution in [0, 0.1) is 0 Å². The van der Waals surface area contributed by atoms with Gasteiger partial charge in [-0.2, -0.15) is 0 Å². The average Bonchev–Trinajstić information content (AvgIpc) is 2.39. The minimum absolute atomic E-state index is 0.00899. The maximum atomic E-state index is 11.6. The summed E-state index contributed by atoms with van der Waals surface area (Å²) in [6.07, 6.45) is 11.5. The molecule has 2 nitrogen and oxygen atoms in total. The number of unbranched alkanes of at least 4 members (excludes halogenated alkanes) is 6. The van der Waals surface area contributed by atoms with Crippen LogP contribution in [0.25, 0.3) is 0 Å². The first-order valence-corrected chi connectivity index (χ1v) is 16.0. The summed E-state index contributed by atoms with van der Waals surface area (Å²) in [5.41, 5.74) is 0. The Morgan fingerprint density at radius 2 is 1.10 bits per heavy atom. The molecule has 20 heavy (non-hydrogen) atoms. The van der Waals surface area contributed by atoms with Crippen molar-refractivity contribution in [3.63, 3.8) is 0 Å². The van der Waals surface area contributed by atoms with Crippen LogP contribution in [0.15, 0.2) is 0 Å². The van der Waals surface area contributed by atoms with Crippen molar-refractivity contribution in [1.29, 1.82) is 0 Å². The predicted octanol–water partition coefficient (Wildman–Crippen LogP) is 6.07. The van der Waals surface area contributed by atoms with Gasteiger partial charge in [0.2, 0.25) is 0 Å². The van der Waals surface area contributed by atoms with Gasteiger partial charge in [0.05, 0.1) is 0 Å². The second kappa shape index (κ2) is 13.0. The first kappa shape index (κ1) is 20.3. The topological polar surface area (TPSA) is 26.3 Å². The van der Waals surface area contributed by atoms with E-state index >= 15 is 0 Å². The van der Waals surface area contributed by atoms with E-state index in [0.717, 1.165) is 0 Å². The average molecular weight is 391 g/mol. The van der Waals surface area contributed by atoms with Gasteiger partial charge in [-0.15, -0.1) is 0 Å². The van der Waals surface area contributed by atoms with Crippen molar-refractivity contribution >= 4 is 24.8 Å². The molecule has 0 saturated heterocycles. The molecule has 0 amide bonds. The van der Waals surface area contributed by atoms with Crippen LogP contribution >= 0.6 is 0 Å². The Morgan fingerprint density at radius 1 is 0.750 bits per heavy atom. The van der Waals surface area contributed by atoms with E-state index in [9.17, 15) is 4.79 Å². The quantitative estimate of drug-likeness (QED) is 0.282. The number of carbonyl (C=O) groups is 1. The number of hydrogen-bond acceptors (Lipinski definition) is 2. The molecular formula is C17H36O2Sn. The first-order valence-electron chi connectivity index (χ1n) is 8.79. The van der Waals surface area contributed by atoms with Crippen LogP contribution in [0.3, 0.4) is 0 Å². The molecular weight excluding hydrogens is 355 g/mol. The number of carbonyl (C=O) groups excluding carboxylic acids is 1. The second-order valence-corrected chi connectivity index (χ2v) is 17.8. The van der Waals surface area contributed by atoms with Crippen LogP contribution in [0.5, 0.6) is 0 Å². The number of rotatable bonds is 13. The molecule has 0 unspecified atom stereocenters. The van der Waals surface area contributed by atoms with E-state index in [1.807, 2.05) is 0 Å². The fourth-order valence-corrected chi connectivity index (χ4v) is 15.3. The van der Waals surface area contributed by atoms with Crippen molar-refractivity contribution in [3.05, 3.63) is 0 Å². The summed E-state index contributed by atoms with van der Waals surface area (Å²) in [5, 5.41) is 0. The molecule has 0 radical (unpaired) electrons. The Kier molecular flexibility index (Phi) is 13.1. The van der Waals surface area contributed by atoms with Gasteiger partial charge in [0.25, 0.3) is 0 Å². The van der Waals surface area contributed by atoms with Crippen LogP contribution in [-0.2, 0) is 7.87 Å². The van der Waals surface area contributed by atoms with E-state index in [1.54, 1.807) is 6.92 Å². The summed E-state index contributed by atoms with van der Waals surface area (Å²) in [6.45, 7) is 8.36. The molecule has 0 aliphatic rings. The number of hydrogen-bond donors (Lipinski definition) is 0. The van der Waals surface area contributed by atoms with Gasteiger partial charge in [-0.05, 0) is 0 Å². The van der Waals surface area contributed by atoms with Gasteiger partial charge in [0, 0.05) is 0 Å². The van der Waals surface area contributed by atoms with Gasteiger partial charge >= 0.3 is 131 Å². The van der Waals surface area contributed by atoms with Crippen LogP contribution in [0.4, 0.5) is 0 Å². The van der Waals surface area contributed by atoms with Crippen molar-refractivity contribution in [2.24, 2.45) is 0 Å². The summed E-state index contributed by atoms with van der Waals surface area (Å²) in [6, 6.07) is 0. The fourth-order valence-electron chi connectivity index (χ4n) is 2.92. The molecule has 0 fully saturated rings. The Hall–Kier alpha value is 0.269. The van der Waals surface area contributed by atoms with Crippen LogP contribution in [0.2, 0.25) is 13.3 Å². The van der Waals surface area contributed by atoms with Gasteiger partial charge in [0.15, 0.2) is 0 Å². The summed E-state index contributed by atoms with van der Waals surface area (Å²) in [4.78, 5) is 11.6. The molecule has 0 aromatic heterocycles. The molecule has 0 bridgehead atoms. The Labute approximate surface area is 131 Å². The molecule has 0 rings (SSSR count). The van der Waals surface area contributed by atoms with Gasteiger partial charge in [-0.3, -0.25) is 0 Å². The molecule has 0 aliphatic carbocycles. The molecule has 120 valence electrons. The SMILES string of the molecule is CCCC[CH2][Sn]([CH2]CCCC)([CH2]CCCC)[O]C(C)=O. The third kappa shape index (κ3) is 10.1. The third-order valence-corrected chi connectivity index (χ3v) is 17.0. The standard InChI is InChI=1S/3C5H11.C2H4O2.Sn/c3*1-3-5-4-2;1-2(3)4;/h3*1,3-5H2,2H3;1H3,(H,3,4);/q;;;;+1/p-1. The van der Waals surface area contributed by atoms with E-state index < -0.39 is 18.8 Å². The summed E-state index contributed by atoms with van der Waals surface area (Å²) in [7, 11) is 0. The van der Waals surface area contributed by atoms with E-state index in [4.69, 9.17) is 3.07 Å². The first-order chi connectivity index (χ1) is 9.60. The zero-order valence-electron chi connectivity index (χ0n) is 14.3. The molecule has 0 atom stereocenters. The summed E-state index contributed by atoms with van der Waals surface area (Å²) >= 11 is -2.66. The predicted molar refractivity (Wildman–Crippen MR) is 90.5 cm³/mol. The van der Waals surface area contributed by atoms with Crippen LogP contribution < -0.4 is 0 Å². The van der Waals surface area contributed by atoms with Crippen LogP contribution in [0.1, 0.15) is 85.5 Å². The minimum atomic E-state index is -2.66. The summed E-state index contributed by atoms with van der Waals surface area (Å²) in [5.74, 6) is -0.00899. The zero-order chi connectivity index (χ0) is 15.3. The molecule has 0 aromatic rings. The molecule has 0 saturated carbocycles. The fraction of sp³-hybridized carbons (Fsp3) is 0.941. The molecule has 0 spiro atoms.